The Labute approximate surface area is 187 Å². The second kappa shape index (κ2) is 10.6. The molecule has 5 nitrogen and oxygen atoms in total. The Kier molecular flexibility index (Phi) is 7.68. The van der Waals surface area contributed by atoms with Crippen LogP contribution in [0.1, 0.15) is 42.1 Å². The van der Waals surface area contributed by atoms with Crippen molar-refractivity contribution in [1.82, 2.24) is 0 Å². The predicted molar refractivity (Wildman–Crippen MR) is 125 cm³/mol. The van der Waals surface area contributed by atoms with Crippen molar-refractivity contribution in [3.8, 4) is 5.75 Å². The summed E-state index contributed by atoms with van der Waals surface area (Å²) in [5.74, 6) is 0.563. The molecule has 160 valence electrons. The zero-order valence-electron chi connectivity index (χ0n) is 17.5. The van der Waals surface area contributed by atoms with Gasteiger partial charge in [-0.25, -0.2) is 0 Å². The Bertz CT molecular complexity index is 1050. The van der Waals surface area contributed by atoms with Crippen LogP contribution in [0.3, 0.4) is 0 Å². The number of halogens is 1. The fraction of sp³-hybridized carbons (Fsp3) is 0.200. The lowest BCUT2D eigenvalue weighted by molar-refractivity contribution is -0.118. The standard InChI is InChI=1S/C25H25ClN2O3/c1-3-17(2)18-10-12-23(13-11-18)31-16-24(29)27-21-8-5-9-22(15-21)28-25(30)19-6-4-7-20(26)14-19/h4-15,17H,3,16H2,1-2H3,(H,27,29)(H,28,30)/t17-/m1/s1. The van der Waals surface area contributed by atoms with Gasteiger partial charge < -0.3 is 15.4 Å². The summed E-state index contributed by atoms with van der Waals surface area (Å²) in [6.45, 7) is 4.22. The molecule has 0 radical (unpaired) electrons. The molecule has 0 fully saturated rings. The first-order chi connectivity index (χ1) is 14.9. The zero-order valence-corrected chi connectivity index (χ0v) is 18.3. The summed E-state index contributed by atoms with van der Waals surface area (Å²) in [6, 6.07) is 21.4. The van der Waals surface area contributed by atoms with Gasteiger partial charge in [-0.1, -0.05) is 49.7 Å². The zero-order chi connectivity index (χ0) is 22.2. The number of benzene rings is 3. The Balaban J connectivity index is 1.54. The van der Waals surface area contributed by atoms with E-state index >= 15 is 0 Å². The lowest BCUT2D eigenvalue weighted by Gasteiger charge is -2.11. The number of anilines is 2. The molecule has 0 aromatic heterocycles. The first-order valence-corrected chi connectivity index (χ1v) is 10.5. The summed E-state index contributed by atoms with van der Waals surface area (Å²) < 4.78 is 5.58. The maximum atomic E-state index is 12.4. The number of rotatable bonds is 8. The molecule has 31 heavy (non-hydrogen) atoms. The van der Waals surface area contributed by atoms with Crippen molar-refractivity contribution >= 4 is 34.8 Å². The molecule has 3 rings (SSSR count). The van der Waals surface area contributed by atoms with Gasteiger partial charge in [0.1, 0.15) is 5.75 Å². The molecule has 2 N–H and O–H groups in total. The predicted octanol–water partition coefficient (Wildman–Crippen LogP) is 6.12. The fourth-order valence-electron chi connectivity index (χ4n) is 2.98. The molecule has 3 aromatic rings. The quantitative estimate of drug-likeness (QED) is 0.446. The lowest BCUT2D eigenvalue weighted by atomic mass is 9.99. The van der Waals surface area contributed by atoms with Gasteiger partial charge in [-0.2, -0.15) is 0 Å². The van der Waals surface area contributed by atoms with Gasteiger partial charge in [-0.3, -0.25) is 9.59 Å². The second-order valence-corrected chi connectivity index (χ2v) is 7.70. The van der Waals surface area contributed by atoms with E-state index in [1.165, 1.54) is 5.56 Å². The van der Waals surface area contributed by atoms with Gasteiger partial charge in [-0.15, -0.1) is 0 Å². The van der Waals surface area contributed by atoms with Crippen LogP contribution in [0, 0.1) is 0 Å². The highest BCUT2D eigenvalue weighted by atomic mass is 35.5. The molecule has 0 unspecified atom stereocenters. The van der Waals surface area contributed by atoms with Crippen molar-refractivity contribution in [1.29, 1.82) is 0 Å². The van der Waals surface area contributed by atoms with Crippen LogP contribution in [0.2, 0.25) is 5.02 Å². The highest BCUT2D eigenvalue weighted by Crippen LogP contribution is 2.22. The summed E-state index contributed by atoms with van der Waals surface area (Å²) in [7, 11) is 0. The van der Waals surface area contributed by atoms with Crippen molar-refractivity contribution in [3.63, 3.8) is 0 Å². The van der Waals surface area contributed by atoms with Crippen LogP contribution < -0.4 is 15.4 Å². The monoisotopic (exact) mass is 436 g/mol. The average molecular weight is 437 g/mol. The molecule has 2 amide bonds. The third kappa shape index (κ3) is 6.59. The van der Waals surface area contributed by atoms with E-state index in [0.717, 1.165) is 6.42 Å². The SMILES string of the molecule is CC[C@@H](C)c1ccc(OCC(=O)Nc2cccc(NC(=O)c3cccc(Cl)c3)c2)cc1. The average Bonchev–Trinajstić information content (AvgIpc) is 2.77. The summed E-state index contributed by atoms with van der Waals surface area (Å²) in [6.07, 6.45) is 1.07. The van der Waals surface area contributed by atoms with Gasteiger partial charge in [-0.05, 0) is 66.4 Å². The summed E-state index contributed by atoms with van der Waals surface area (Å²) in [5, 5.41) is 6.06. The molecule has 0 aliphatic heterocycles. The van der Waals surface area contributed by atoms with Crippen molar-refractivity contribution in [2.75, 3.05) is 17.2 Å². The molecule has 0 spiro atoms. The number of hydrogen-bond donors (Lipinski definition) is 2. The van der Waals surface area contributed by atoms with E-state index in [1.807, 2.05) is 24.3 Å². The summed E-state index contributed by atoms with van der Waals surface area (Å²) >= 11 is 5.94. The number of carbonyl (C=O) groups is 2. The van der Waals surface area contributed by atoms with E-state index in [1.54, 1.807) is 48.5 Å². The molecule has 0 heterocycles. The maximum absolute atomic E-state index is 12.4. The molecule has 3 aromatic carbocycles. The fourth-order valence-corrected chi connectivity index (χ4v) is 3.17. The Hall–Kier alpha value is -3.31. The van der Waals surface area contributed by atoms with E-state index in [0.29, 0.717) is 33.6 Å². The number of ether oxygens (including phenoxy) is 1. The second-order valence-electron chi connectivity index (χ2n) is 7.26. The van der Waals surface area contributed by atoms with Crippen LogP contribution in [0.5, 0.6) is 5.75 Å². The van der Waals surface area contributed by atoms with Gasteiger partial charge in [0.05, 0.1) is 0 Å². The van der Waals surface area contributed by atoms with E-state index in [-0.39, 0.29) is 18.4 Å². The number of nitrogens with one attached hydrogen (secondary N) is 2. The van der Waals surface area contributed by atoms with Gasteiger partial charge >= 0.3 is 0 Å². The third-order valence-electron chi connectivity index (χ3n) is 4.92. The topological polar surface area (TPSA) is 67.4 Å². The van der Waals surface area contributed by atoms with Crippen LogP contribution in [-0.4, -0.2) is 18.4 Å². The van der Waals surface area contributed by atoms with Crippen molar-refractivity contribution < 1.29 is 14.3 Å². The van der Waals surface area contributed by atoms with Crippen LogP contribution in [-0.2, 0) is 4.79 Å². The van der Waals surface area contributed by atoms with E-state index in [9.17, 15) is 9.59 Å². The molecular weight excluding hydrogens is 412 g/mol. The highest BCUT2D eigenvalue weighted by Gasteiger charge is 2.09. The van der Waals surface area contributed by atoms with Gasteiger partial charge in [0.15, 0.2) is 6.61 Å². The van der Waals surface area contributed by atoms with Crippen molar-refractivity contribution in [3.05, 3.63) is 88.9 Å². The number of hydrogen-bond acceptors (Lipinski definition) is 3. The molecule has 0 aliphatic carbocycles. The summed E-state index contributed by atoms with van der Waals surface area (Å²) in [5.41, 5.74) is 2.82. The molecule has 0 bridgehead atoms. The number of carbonyl (C=O) groups excluding carboxylic acids is 2. The summed E-state index contributed by atoms with van der Waals surface area (Å²) in [4.78, 5) is 24.6. The molecule has 0 saturated heterocycles. The van der Waals surface area contributed by atoms with E-state index < -0.39 is 0 Å². The molecule has 1 atom stereocenters. The van der Waals surface area contributed by atoms with Crippen LogP contribution >= 0.6 is 11.6 Å². The van der Waals surface area contributed by atoms with Crippen molar-refractivity contribution in [2.45, 2.75) is 26.2 Å². The Morgan fingerprint density at radius 1 is 0.935 bits per heavy atom. The minimum atomic E-state index is -0.288. The highest BCUT2D eigenvalue weighted by molar-refractivity contribution is 6.31. The Morgan fingerprint density at radius 3 is 2.29 bits per heavy atom. The third-order valence-corrected chi connectivity index (χ3v) is 5.16. The largest absolute Gasteiger partial charge is 0.484 e. The van der Waals surface area contributed by atoms with E-state index in [2.05, 4.69) is 24.5 Å². The van der Waals surface area contributed by atoms with Crippen LogP contribution in [0.25, 0.3) is 0 Å². The minimum absolute atomic E-state index is 0.109. The molecular formula is C25H25ClN2O3. The first-order valence-electron chi connectivity index (χ1n) is 10.1. The maximum Gasteiger partial charge on any atom is 0.262 e. The first kappa shape index (κ1) is 22.4. The van der Waals surface area contributed by atoms with Crippen LogP contribution in [0.4, 0.5) is 11.4 Å². The minimum Gasteiger partial charge on any atom is -0.484 e. The molecule has 0 saturated carbocycles. The number of amides is 2. The van der Waals surface area contributed by atoms with Crippen molar-refractivity contribution in [2.24, 2.45) is 0 Å². The normalized spacial score (nSPS) is 11.5. The lowest BCUT2D eigenvalue weighted by Crippen LogP contribution is -2.20. The Morgan fingerprint density at radius 2 is 1.61 bits per heavy atom. The van der Waals surface area contributed by atoms with Crippen LogP contribution in [0.15, 0.2) is 72.8 Å². The smallest absolute Gasteiger partial charge is 0.262 e. The van der Waals surface area contributed by atoms with Gasteiger partial charge in [0.2, 0.25) is 0 Å². The molecule has 0 aliphatic rings. The van der Waals surface area contributed by atoms with Gasteiger partial charge in [0, 0.05) is 22.0 Å². The van der Waals surface area contributed by atoms with E-state index in [4.69, 9.17) is 16.3 Å². The van der Waals surface area contributed by atoms with Gasteiger partial charge in [0.25, 0.3) is 11.8 Å². The molecule has 6 heteroatoms.